The molecule has 1 aliphatic carbocycles. The predicted molar refractivity (Wildman–Crippen MR) is 104 cm³/mol. The minimum Gasteiger partial charge on any atom is -0.494 e. The fourth-order valence-electron chi connectivity index (χ4n) is 2.50. The smallest absolute Gasteiger partial charge is 0.331 e. The molecular weight excluding hydrogens is 312 g/mol. The van der Waals surface area contributed by atoms with Crippen molar-refractivity contribution in [1.82, 2.24) is 0 Å². The first-order valence-corrected chi connectivity index (χ1v) is 9.33. The van der Waals surface area contributed by atoms with Crippen LogP contribution in [0.25, 0.3) is 0 Å². The normalized spacial score (nSPS) is 15.5. The zero-order valence-corrected chi connectivity index (χ0v) is 15.9. The van der Waals surface area contributed by atoms with Crippen LogP contribution in [-0.2, 0) is 9.53 Å². The van der Waals surface area contributed by atoms with E-state index in [-0.39, 0.29) is 0 Å². The van der Waals surface area contributed by atoms with Crippen LogP contribution in [0.3, 0.4) is 0 Å². The number of hydrogen-bond acceptors (Lipinski definition) is 2. The van der Waals surface area contributed by atoms with Crippen LogP contribution in [0.5, 0.6) is 0 Å². The highest BCUT2D eigenvalue weighted by molar-refractivity contribution is 5.86. The van der Waals surface area contributed by atoms with Crippen molar-refractivity contribution in [2.45, 2.75) is 65.7 Å². The Morgan fingerprint density at radius 1 is 1.12 bits per heavy atom. The summed E-state index contributed by atoms with van der Waals surface area (Å²) in [6, 6.07) is 0. The minimum atomic E-state index is -0.885. The van der Waals surface area contributed by atoms with Gasteiger partial charge in [0, 0.05) is 5.57 Å². The quantitative estimate of drug-likeness (QED) is 0.279. The molecule has 3 nitrogen and oxygen atoms in total. The predicted octanol–water partition coefficient (Wildman–Crippen LogP) is 6.11. The van der Waals surface area contributed by atoms with Gasteiger partial charge in [-0.25, -0.2) is 4.79 Å². The molecule has 0 aliphatic heterocycles. The number of allylic oxidation sites excluding steroid dienone is 8. The summed E-state index contributed by atoms with van der Waals surface area (Å²) < 4.78 is 5.85. The number of unbranched alkanes of at least 4 members (excludes halogenated alkanes) is 5. The second-order valence-electron chi connectivity index (χ2n) is 6.49. The second kappa shape index (κ2) is 12.3. The van der Waals surface area contributed by atoms with Gasteiger partial charge in [0.05, 0.1) is 6.61 Å². The average molecular weight is 344 g/mol. The molecule has 1 N–H and O–H groups in total. The van der Waals surface area contributed by atoms with Crippen molar-refractivity contribution >= 4 is 5.97 Å². The molecule has 0 aromatic carbocycles. The maximum absolute atomic E-state index is 10.8. The summed E-state index contributed by atoms with van der Waals surface area (Å²) in [5.74, 6) is 0.0117. The molecular formula is C22H32O3. The molecule has 1 rings (SSSR count). The summed E-state index contributed by atoms with van der Waals surface area (Å²) >= 11 is 0. The Balaban J connectivity index is 2.49. The number of hydrogen-bond donors (Lipinski definition) is 1. The molecule has 0 saturated carbocycles. The van der Waals surface area contributed by atoms with Crippen LogP contribution in [0.1, 0.15) is 65.7 Å². The molecule has 25 heavy (non-hydrogen) atoms. The first-order chi connectivity index (χ1) is 12.0. The first-order valence-electron chi connectivity index (χ1n) is 9.33. The molecule has 0 aromatic heterocycles. The van der Waals surface area contributed by atoms with Crippen molar-refractivity contribution in [3.63, 3.8) is 0 Å². The third kappa shape index (κ3) is 9.13. The van der Waals surface area contributed by atoms with E-state index in [1.165, 1.54) is 37.7 Å². The van der Waals surface area contributed by atoms with Gasteiger partial charge in [0.1, 0.15) is 5.76 Å². The summed E-state index contributed by atoms with van der Waals surface area (Å²) in [4.78, 5) is 10.8. The Kier molecular flexibility index (Phi) is 10.4. The highest BCUT2D eigenvalue weighted by atomic mass is 16.5. The molecule has 3 heteroatoms. The Morgan fingerprint density at radius 3 is 2.56 bits per heavy atom. The van der Waals surface area contributed by atoms with E-state index in [0.29, 0.717) is 5.57 Å². The monoisotopic (exact) mass is 344 g/mol. The van der Waals surface area contributed by atoms with Crippen LogP contribution in [0.2, 0.25) is 0 Å². The zero-order valence-electron chi connectivity index (χ0n) is 15.9. The third-order valence-corrected chi connectivity index (χ3v) is 4.26. The van der Waals surface area contributed by atoms with Crippen molar-refractivity contribution in [2.24, 2.45) is 0 Å². The van der Waals surface area contributed by atoms with Crippen LogP contribution >= 0.6 is 0 Å². The van der Waals surface area contributed by atoms with Gasteiger partial charge in [-0.05, 0) is 50.0 Å². The number of carboxylic acids is 1. The molecule has 1 aliphatic rings. The van der Waals surface area contributed by atoms with E-state index in [2.05, 4.69) is 19.1 Å². The van der Waals surface area contributed by atoms with Crippen LogP contribution in [0.15, 0.2) is 58.9 Å². The maximum Gasteiger partial charge on any atom is 0.331 e. The Hall–Kier alpha value is -2.03. The van der Waals surface area contributed by atoms with Gasteiger partial charge in [0.2, 0.25) is 0 Å². The number of aliphatic carboxylic acids is 1. The summed E-state index contributed by atoms with van der Waals surface area (Å²) in [6.45, 7) is 6.60. The molecule has 0 saturated heterocycles. The number of carbonyl (C=O) groups is 1. The Bertz CT molecular complexity index is 574. The topological polar surface area (TPSA) is 46.5 Å². The summed E-state index contributed by atoms with van der Waals surface area (Å²) in [6.07, 6.45) is 20.1. The molecule has 0 heterocycles. The lowest BCUT2D eigenvalue weighted by atomic mass is 10.0. The van der Waals surface area contributed by atoms with Crippen molar-refractivity contribution in [2.75, 3.05) is 6.61 Å². The fourth-order valence-corrected chi connectivity index (χ4v) is 2.50. The first kappa shape index (κ1) is 21.0. The molecule has 0 radical (unpaired) electrons. The van der Waals surface area contributed by atoms with E-state index in [1.807, 2.05) is 25.2 Å². The van der Waals surface area contributed by atoms with Gasteiger partial charge >= 0.3 is 5.97 Å². The van der Waals surface area contributed by atoms with Crippen LogP contribution in [0, 0.1) is 0 Å². The fraction of sp³-hybridized carbons (Fsp3) is 0.500. The largest absolute Gasteiger partial charge is 0.494 e. The highest BCUT2D eigenvalue weighted by Crippen LogP contribution is 2.20. The van der Waals surface area contributed by atoms with Gasteiger partial charge in [0.15, 0.2) is 0 Å². The zero-order chi connectivity index (χ0) is 18.5. The highest BCUT2D eigenvalue weighted by Gasteiger charge is 2.03. The summed E-state index contributed by atoms with van der Waals surface area (Å²) in [7, 11) is 0. The lowest BCUT2D eigenvalue weighted by molar-refractivity contribution is -0.132. The summed E-state index contributed by atoms with van der Waals surface area (Å²) in [5, 5.41) is 8.90. The SMILES string of the molecule is CCCCCCCCOC1=CC=C(/C(C)=C/C=C(\C)C(=O)O)CC=C1. The third-order valence-electron chi connectivity index (χ3n) is 4.26. The molecule has 0 unspecified atom stereocenters. The molecule has 138 valence electrons. The minimum absolute atomic E-state index is 0.336. The van der Waals surface area contributed by atoms with Crippen molar-refractivity contribution in [3.05, 3.63) is 58.9 Å². The Morgan fingerprint density at radius 2 is 1.84 bits per heavy atom. The van der Waals surface area contributed by atoms with E-state index < -0.39 is 5.97 Å². The van der Waals surface area contributed by atoms with E-state index in [1.54, 1.807) is 13.0 Å². The van der Waals surface area contributed by atoms with Crippen molar-refractivity contribution in [1.29, 1.82) is 0 Å². The lowest BCUT2D eigenvalue weighted by Crippen LogP contribution is -1.95. The van der Waals surface area contributed by atoms with Crippen LogP contribution < -0.4 is 0 Å². The molecule has 0 bridgehead atoms. The molecule has 0 spiro atoms. The molecule has 0 aromatic rings. The average Bonchev–Trinajstić information content (AvgIpc) is 2.84. The van der Waals surface area contributed by atoms with E-state index >= 15 is 0 Å². The lowest BCUT2D eigenvalue weighted by Gasteiger charge is -2.06. The van der Waals surface area contributed by atoms with Gasteiger partial charge in [-0.3, -0.25) is 0 Å². The van der Waals surface area contributed by atoms with Gasteiger partial charge in [-0.2, -0.15) is 0 Å². The number of ether oxygens (including phenoxy) is 1. The van der Waals surface area contributed by atoms with E-state index in [4.69, 9.17) is 9.84 Å². The molecule has 0 amide bonds. The van der Waals surface area contributed by atoms with E-state index in [9.17, 15) is 4.79 Å². The molecule has 0 fully saturated rings. The van der Waals surface area contributed by atoms with Crippen molar-refractivity contribution in [3.8, 4) is 0 Å². The second-order valence-corrected chi connectivity index (χ2v) is 6.49. The molecule has 0 atom stereocenters. The van der Waals surface area contributed by atoms with Gasteiger partial charge in [0.25, 0.3) is 0 Å². The summed E-state index contributed by atoms with van der Waals surface area (Å²) in [5.41, 5.74) is 2.57. The van der Waals surface area contributed by atoms with Gasteiger partial charge in [-0.1, -0.05) is 63.3 Å². The van der Waals surface area contributed by atoms with E-state index in [0.717, 1.165) is 30.8 Å². The Labute approximate surface area is 152 Å². The van der Waals surface area contributed by atoms with Crippen LogP contribution in [-0.4, -0.2) is 17.7 Å². The van der Waals surface area contributed by atoms with Crippen molar-refractivity contribution < 1.29 is 14.6 Å². The number of carboxylic acid groups (broad SMARTS) is 1. The standard InChI is InChI=1S/C22H32O3/c1-4-5-6-7-8-9-17-25-21-12-10-11-20(15-16-21)18(2)13-14-19(3)22(23)24/h10,12-16H,4-9,11,17H2,1-3H3,(H,23,24)/b18-13+,19-14+. The van der Waals surface area contributed by atoms with Gasteiger partial charge in [-0.15, -0.1) is 0 Å². The number of rotatable bonds is 11. The van der Waals surface area contributed by atoms with Gasteiger partial charge < -0.3 is 9.84 Å². The van der Waals surface area contributed by atoms with Crippen LogP contribution in [0.4, 0.5) is 0 Å². The maximum atomic E-state index is 10.8.